The van der Waals surface area contributed by atoms with Crippen LogP contribution in [0.25, 0.3) is 0 Å². The SMILES string of the molecule is O=S(=O)(Cl)c1c(Cl)c(Cl)c(Cl)c(Cl)c1Cl. The van der Waals surface area contributed by atoms with Crippen LogP contribution >= 0.6 is 68.7 Å². The third-order valence-corrected chi connectivity index (χ3v) is 5.27. The molecule has 0 aliphatic carbocycles. The number of rotatable bonds is 1. The fourth-order valence-corrected chi connectivity index (χ4v) is 3.99. The molecule has 84 valence electrons. The highest BCUT2D eigenvalue weighted by Crippen LogP contribution is 2.46. The van der Waals surface area contributed by atoms with Gasteiger partial charge in [-0.05, 0) is 0 Å². The summed E-state index contributed by atoms with van der Waals surface area (Å²) in [7, 11) is 0.963. The Hall–Kier alpha value is 0.910. The van der Waals surface area contributed by atoms with Crippen molar-refractivity contribution >= 4 is 77.7 Å². The maximum atomic E-state index is 11.1. The number of benzene rings is 1. The highest BCUT2D eigenvalue weighted by atomic mass is 35.7. The highest BCUT2D eigenvalue weighted by Gasteiger charge is 2.26. The molecule has 0 aliphatic rings. The van der Waals surface area contributed by atoms with E-state index in [4.69, 9.17) is 68.7 Å². The molecule has 0 radical (unpaired) electrons. The Labute approximate surface area is 115 Å². The van der Waals surface area contributed by atoms with E-state index in [1.54, 1.807) is 0 Å². The molecule has 15 heavy (non-hydrogen) atoms. The van der Waals surface area contributed by atoms with Gasteiger partial charge < -0.3 is 0 Å². The topological polar surface area (TPSA) is 34.1 Å². The van der Waals surface area contributed by atoms with Crippen LogP contribution < -0.4 is 0 Å². The smallest absolute Gasteiger partial charge is 0.207 e. The molecule has 0 atom stereocenters. The number of hydrogen-bond acceptors (Lipinski definition) is 2. The Bertz CT molecular complexity index is 494. The molecule has 2 nitrogen and oxygen atoms in total. The quantitative estimate of drug-likeness (QED) is 0.411. The van der Waals surface area contributed by atoms with Crippen LogP contribution in [0.5, 0.6) is 0 Å². The molecule has 0 spiro atoms. The molecule has 0 bridgehead atoms. The molecule has 0 aromatic heterocycles. The first kappa shape index (κ1) is 14.0. The van der Waals surface area contributed by atoms with E-state index in [-0.39, 0.29) is 25.1 Å². The first-order valence-corrected chi connectivity index (χ1v) is 7.34. The van der Waals surface area contributed by atoms with Crippen LogP contribution in [0, 0.1) is 0 Å². The van der Waals surface area contributed by atoms with Gasteiger partial charge in [0, 0.05) is 10.7 Å². The summed E-state index contributed by atoms with van der Waals surface area (Å²) in [6.45, 7) is 0. The summed E-state index contributed by atoms with van der Waals surface area (Å²) in [4.78, 5) is -0.549. The van der Waals surface area contributed by atoms with Gasteiger partial charge in [-0.15, -0.1) is 0 Å². The molecule has 0 saturated carbocycles. The third-order valence-electron chi connectivity index (χ3n) is 1.41. The average Bonchev–Trinajstić information content (AvgIpc) is 2.09. The maximum Gasteiger partial charge on any atom is 0.264 e. The average molecular weight is 349 g/mol. The van der Waals surface area contributed by atoms with Crippen LogP contribution in [0.2, 0.25) is 25.1 Å². The lowest BCUT2D eigenvalue weighted by molar-refractivity contribution is 0.609. The van der Waals surface area contributed by atoms with E-state index in [2.05, 4.69) is 0 Å². The van der Waals surface area contributed by atoms with Crippen LogP contribution in [0.1, 0.15) is 0 Å². The lowest BCUT2D eigenvalue weighted by atomic mass is 10.3. The molecule has 1 rings (SSSR count). The summed E-state index contributed by atoms with van der Waals surface area (Å²) in [6, 6.07) is 0. The molecule has 0 fully saturated rings. The molecular weight excluding hydrogens is 349 g/mol. The Kier molecular flexibility index (Phi) is 4.33. The zero-order valence-electron chi connectivity index (χ0n) is 6.49. The summed E-state index contributed by atoms with van der Waals surface area (Å²) in [5.41, 5.74) is 0. The van der Waals surface area contributed by atoms with Crippen LogP contribution in [-0.4, -0.2) is 8.42 Å². The van der Waals surface area contributed by atoms with Crippen molar-refractivity contribution in [2.75, 3.05) is 0 Å². The fourth-order valence-electron chi connectivity index (χ4n) is 0.799. The van der Waals surface area contributed by atoms with Gasteiger partial charge in [-0.3, -0.25) is 0 Å². The molecule has 1 aromatic rings. The minimum absolute atomic E-state index is 0.127. The normalized spacial score (nSPS) is 11.9. The number of halogens is 6. The molecular formula is C6Cl6O2S. The maximum absolute atomic E-state index is 11.1. The highest BCUT2D eigenvalue weighted by molar-refractivity contribution is 8.14. The van der Waals surface area contributed by atoms with E-state index >= 15 is 0 Å². The van der Waals surface area contributed by atoms with Crippen molar-refractivity contribution in [3.63, 3.8) is 0 Å². The molecule has 9 heteroatoms. The largest absolute Gasteiger partial charge is 0.264 e. The van der Waals surface area contributed by atoms with Crippen LogP contribution in [0.4, 0.5) is 0 Å². The van der Waals surface area contributed by atoms with E-state index in [0.29, 0.717) is 0 Å². The van der Waals surface area contributed by atoms with Gasteiger partial charge in [0.1, 0.15) is 4.90 Å². The Morgan fingerprint density at radius 3 is 1.20 bits per heavy atom. The number of hydrogen-bond donors (Lipinski definition) is 0. The Morgan fingerprint density at radius 1 is 0.667 bits per heavy atom. The van der Waals surface area contributed by atoms with Crippen LogP contribution in [-0.2, 0) is 9.05 Å². The van der Waals surface area contributed by atoms with Crippen LogP contribution in [0.3, 0.4) is 0 Å². The first-order valence-electron chi connectivity index (χ1n) is 3.14. The van der Waals surface area contributed by atoms with E-state index in [9.17, 15) is 8.42 Å². The summed E-state index contributed by atoms with van der Waals surface area (Å²) in [5, 5.41) is -1.27. The van der Waals surface area contributed by atoms with E-state index < -0.39 is 13.9 Å². The van der Waals surface area contributed by atoms with Gasteiger partial charge in [0.15, 0.2) is 0 Å². The molecule has 1 aromatic carbocycles. The summed E-state index contributed by atoms with van der Waals surface area (Å²) in [5.74, 6) is 0. The summed E-state index contributed by atoms with van der Waals surface area (Å²) in [6.07, 6.45) is 0. The molecule has 0 heterocycles. The molecule has 0 N–H and O–H groups in total. The second-order valence-electron chi connectivity index (χ2n) is 2.34. The lowest BCUT2D eigenvalue weighted by Crippen LogP contribution is -1.95. The van der Waals surface area contributed by atoms with Crippen LogP contribution in [0.15, 0.2) is 4.90 Å². The summed E-state index contributed by atoms with van der Waals surface area (Å²) < 4.78 is 22.3. The minimum atomic E-state index is -4.15. The van der Waals surface area contributed by atoms with Crippen molar-refractivity contribution in [1.29, 1.82) is 0 Å². The predicted octanol–water partition coefficient (Wildman–Crippen LogP) is 4.88. The Morgan fingerprint density at radius 2 is 0.933 bits per heavy atom. The third kappa shape index (κ3) is 2.60. The van der Waals surface area contributed by atoms with Crippen molar-refractivity contribution in [2.24, 2.45) is 0 Å². The minimum Gasteiger partial charge on any atom is -0.207 e. The zero-order valence-corrected chi connectivity index (χ0v) is 11.8. The van der Waals surface area contributed by atoms with Gasteiger partial charge in [-0.1, -0.05) is 58.0 Å². The van der Waals surface area contributed by atoms with Gasteiger partial charge >= 0.3 is 0 Å². The monoisotopic (exact) mass is 346 g/mol. The van der Waals surface area contributed by atoms with Gasteiger partial charge in [0.25, 0.3) is 9.05 Å². The molecule has 0 unspecified atom stereocenters. The standard InChI is InChI=1S/C6Cl6O2S/c7-1-2(8)4(10)6(15(12,13)14)5(11)3(1)9. The van der Waals surface area contributed by atoms with Crippen molar-refractivity contribution in [1.82, 2.24) is 0 Å². The van der Waals surface area contributed by atoms with Gasteiger partial charge in [-0.2, -0.15) is 0 Å². The van der Waals surface area contributed by atoms with Crippen molar-refractivity contribution < 1.29 is 8.42 Å². The second-order valence-corrected chi connectivity index (χ2v) is 6.73. The van der Waals surface area contributed by atoms with Gasteiger partial charge in [0.2, 0.25) is 0 Å². The fraction of sp³-hybridized carbons (Fsp3) is 0. The zero-order chi connectivity index (χ0) is 12.0. The molecule has 0 saturated heterocycles. The van der Waals surface area contributed by atoms with E-state index in [1.165, 1.54) is 0 Å². The second kappa shape index (κ2) is 4.65. The van der Waals surface area contributed by atoms with Crippen molar-refractivity contribution in [3.8, 4) is 0 Å². The van der Waals surface area contributed by atoms with Crippen molar-refractivity contribution in [2.45, 2.75) is 4.90 Å². The molecule has 0 aliphatic heterocycles. The first-order chi connectivity index (χ1) is 6.68. The Balaban J connectivity index is 3.84. The van der Waals surface area contributed by atoms with Crippen molar-refractivity contribution in [3.05, 3.63) is 25.1 Å². The predicted molar refractivity (Wildman–Crippen MR) is 64.5 cm³/mol. The molecule has 0 amide bonds. The van der Waals surface area contributed by atoms with Gasteiger partial charge in [-0.25, -0.2) is 8.42 Å². The van der Waals surface area contributed by atoms with Gasteiger partial charge in [0.05, 0.1) is 25.1 Å². The summed E-state index contributed by atoms with van der Waals surface area (Å²) >= 11 is 28.2. The van der Waals surface area contributed by atoms with E-state index in [0.717, 1.165) is 0 Å². The van der Waals surface area contributed by atoms with E-state index in [1.807, 2.05) is 0 Å². The lowest BCUT2D eigenvalue weighted by Gasteiger charge is -2.09.